The second-order valence-corrected chi connectivity index (χ2v) is 7.11. The Bertz CT molecular complexity index is 577. The van der Waals surface area contributed by atoms with Gasteiger partial charge in [0.25, 0.3) is 0 Å². The molecular formula is C16H25N5O2. The molecule has 0 radical (unpaired) electrons. The molecule has 2 amide bonds. The van der Waals surface area contributed by atoms with Gasteiger partial charge in [0.05, 0.1) is 6.04 Å². The number of hydrogen-bond acceptors (Lipinski definition) is 5. The van der Waals surface area contributed by atoms with E-state index in [0.717, 1.165) is 50.7 Å². The van der Waals surface area contributed by atoms with Gasteiger partial charge in [0.2, 0.25) is 5.89 Å². The summed E-state index contributed by atoms with van der Waals surface area (Å²) >= 11 is 0. The van der Waals surface area contributed by atoms with E-state index in [-0.39, 0.29) is 12.1 Å². The van der Waals surface area contributed by atoms with Crippen molar-refractivity contribution >= 4 is 6.03 Å². The van der Waals surface area contributed by atoms with E-state index in [1.807, 2.05) is 16.8 Å². The first kappa shape index (κ1) is 14.9. The zero-order valence-corrected chi connectivity index (χ0v) is 13.9. The van der Waals surface area contributed by atoms with Gasteiger partial charge < -0.3 is 14.3 Å². The van der Waals surface area contributed by atoms with Crippen LogP contribution in [-0.2, 0) is 0 Å². The number of likely N-dealkylation sites (N-methyl/N-ethyl adjacent to an activating group) is 1. The molecule has 4 rings (SSSR count). The molecule has 23 heavy (non-hydrogen) atoms. The first-order chi connectivity index (χ1) is 11.1. The maximum atomic E-state index is 12.1. The van der Waals surface area contributed by atoms with Crippen molar-refractivity contribution in [2.24, 2.45) is 0 Å². The van der Waals surface area contributed by atoms with Gasteiger partial charge in [-0.2, -0.15) is 4.98 Å². The Morgan fingerprint density at radius 2 is 1.87 bits per heavy atom. The number of carbonyl (C=O) groups excluding carboxylic acids is 1. The van der Waals surface area contributed by atoms with Gasteiger partial charge in [-0.25, -0.2) is 4.79 Å². The van der Waals surface area contributed by atoms with Crippen LogP contribution in [0, 0.1) is 0 Å². The van der Waals surface area contributed by atoms with Crippen LogP contribution in [0.2, 0.25) is 0 Å². The van der Waals surface area contributed by atoms with Crippen LogP contribution in [0.3, 0.4) is 0 Å². The van der Waals surface area contributed by atoms with Crippen molar-refractivity contribution in [2.75, 3.05) is 33.2 Å². The number of carbonyl (C=O) groups is 1. The Morgan fingerprint density at radius 1 is 1.13 bits per heavy atom. The van der Waals surface area contributed by atoms with Gasteiger partial charge >= 0.3 is 6.03 Å². The fourth-order valence-corrected chi connectivity index (χ4v) is 3.67. The predicted molar refractivity (Wildman–Crippen MR) is 84.0 cm³/mol. The molecule has 0 N–H and O–H groups in total. The third kappa shape index (κ3) is 2.82. The summed E-state index contributed by atoms with van der Waals surface area (Å²) in [7, 11) is 1.88. The normalized spacial score (nSPS) is 25.4. The van der Waals surface area contributed by atoms with Crippen LogP contribution < -0.4 is 0 Å². The number of amides is 2. The summed E-state index contributed by atoms with van der Waals surface area (Å²) in [6.45, 7) is 5.80. The monoisotopic (exact) mass is 319 g/mol. The van der Waals surface area contributed by atoms with E-state index >= 15 is 0 Å². The lowest BCUT2D eigenvalue weighted by Crippen LogP contribution is -2.46. The molecule has 0 bridgehead atoms. The molecule has 0 unspecified atom stereocenters. The highest BCUT2D eigenvalue weighted by molar-refractivity contribution is 5.76. The van der Waals surface area contributed by atoms with Crippen LogP contribution in [0.15, 0.2) is 4.52 Å². The van der Waals surface area contributed by atoms with Gasteiger partial charge in [-0.3, -0.25) is 4.90 Å². The zero-order chi connectivity index (χ0) is 16.0. The van der Waals surface area contributed by atoms with E-state index in [0.29, 0.717) is 12.0 Å². The third-order valence-electron chi connectivity index (χ3n) is 5.49. The number of piperidine rings is 1. The predicted octanol–water partition coefficient (Wildman–Crippen LogP) is 1.84. The van der Waals surface area contributed by atoms with Gasteiger partial charge in [-0.1, -0.05) is 5.16 Å². The molecule has 1 saturated carbocycles. The van der Waals surface area contributed by atoms with Gasteiger partial charge in [0, 0.05) is 45.2 Å². The molecule has 1 aromatic rings. The average molecular weight is 319 g/mol. The lowest BCUT2D eigenvalue weighted by molar-refractivity contribution is 0.0963. The van der Waals surface area contributed by atoms with Crippen molar-refractivity contribution in [3.05, 3.63) is 11.7 Å². The fraction of sp³-hybridized carbons (Fsp3) is 0.812. The summed E-state index contributed by atoms with van der Waals surface area (Å²) in [6.07, 6.45) is 4.43. The number of rotatable bonds is 4. The maximum Gasteiger partial charge on any atom is 0.320 e. The second kappa shape index (κ2) is 5.78. The highest BCUT2D eigenvalue weighted by Crippen LogP contribution is 2.38. The van der Waals surface area contributed by atoms with Crippen molar-refractivity contribution < 1.29 is 9.32 Å². The summed E-state index contributed by atoms with van der Waals surface area (Å²) in [5.41, 5.74) is 0. The molecule has 1 atom stereocenters. The lowest BCUT2D eigenvalue weighted by atomic mass is 10.0. The van der Waals surface area contributed by atoms with Crippen molar-refractivity contribution in [2.45, 2.75) is 50.6 Å². The topological polar surface area (TPSA) is 65.7 Å². The number of hydrogen-bond donors (Lipinski definition) is 0. The third-order valence-corrected chi connectivity index (χ3v) is 5.49. The quantitative estimate of drug-likeness (QED) is 0.847. The van der Waals surface area contributed by atoms with Crippen molar-refractivity contribution in [3.63, 3.8) is 0 Å². The van der Waals surface area contributed by atoms with E-state index in [4.69, 9.17) is 4.52 Å². The maximum absolute atomic E-state index is 12.1. The molecule has 126 valence electrons. The summed E-state index contributed by atoms with van der Waals surface area (Å²) in [6, 6.07) is 0.719. The van der Waals surface area contributed by atoms with Crippen molar-refractivity contribution in [1.29, 1.82) is 0 Å². The minimum absolute atomic E-state index is 0.160. The summed E-state index contributed by atoms with van der Waals surface area (Å²) in [5.74, 6) is 2.15. The van der Waals surface area contributed by atoms with E-state index in [2.05, 4.69) is 22.0 Å². The Morgan fingerprint density at radius 3 is 2.48 bits per heavy atom. The van der Waals surface area contributed by atoms with Crippen LogP contribution in [-0.4, -0.2) is 70.1 Å². The average Bonchev–Trinajstić information content (AvgIpc) is 3.22. The summed E-state index contributed by atoms with van der Waals surface area (Å²) < 4.78 is 5.46. The molecule has 0 aromatic carbocycles. The molecule has 3 fully saturated rings. The van der Waals surface area contributed by atoms with Gasteiger partial charge in [-0.15, -0.1) is 0 Å². The molecule has 3 heterocycles. The highest BCUT2D eigenvalue weighted by Gasteiger charge is 2.36. The van der Waals surface area contributed by atoms with Gasteiger partial charge in [-0.05, 0) is 32.6 Å². The SMILES string of the molecule is C[C@H](c1nc(C2CC2)no1)N1CCC(N2CCN(C)C2=O)CC1. The Hall–Kier alpha value is -1.63. The first-order valence-electron chi connectivity index (χ1n) is 8.73. The fourth-order valence-electron chi connectivity index (χ4n) is 3.67. The van der Waals surface area contributed by atoms with Crippen LogP contribution in [0.5, 0.6) is 0 Å². The minimum atomic E-state index is 0.160. The Labute approximate surface area is 136 Å². The molecule has 3 aliphatic rings. The molecular weight excluding hydrogens is 294 g/mol. The zero-order valence-electron chi connectivity index (χ0n) is 13.9. The Kier molecular flexibility index (Phi) is 3.75. The van der Waals surface area contributed by atoms with Gasteiger partial charge in [0.15, 0.2) is 5.82 Å². The standard InChI is InChI=1S/C16H25N5O2/c1-11(15-17-14(18-23-15)12-3-4-12)20-7-5-13(6-8-20)21-10-9-19(2)16(21)22/h11-13H,3-10H2,1-2H3/t11-/m1/s1. The smallest absolute Gasteiger partial charge is 0.320 e. The molecule has 7 heteroatoms. The second-order valence-electron chi connectivity index (χ2n) is 7.11. The number of likely N-dealkylation sites (tertiary alicyclic amines) is 1. The largest absolute Gasteiger partial charge is 0.338 e. The molecule has 2 aliphatic heterocycles. The van der Waals surface area contributed by atoms with Crippen LogP contribution in [0.1, 0.15) is 56.3 Å². The van der Waals surface area contributed by atoms with Crippen molar-refractivity contribution in [3.8, 4) is 0 Å². The lowest BCUT2D eigenvalue weighted by Gasteiger charge is -2.38. The number of aromatic nitrogens is 2. The number of nitrogens with zero attached hydrogens (tertiary/aromatic N) is 5. The van der Waals surface area contributed by atoms with E-state index < -0.39 is 0 Å². The summed E-state index contributed by atoms with van der Waals surface area (Å²) in [5, 5.41) is 4.12. The van der Waals surface area contributed by atoms with Crippen molar-refractivity contribution in [1.82, 2.24) is 24.8 Å². The highest BCUT2D eigenvalue weighted by atomic mass is 16.5. The number of urea groups is 1. The van der Waals surface area contributed by atoms with E-state index in [9.17, 15) is 4.79 Å². The molecule has 0 spiro atoms. The molecule has 7 nitrogen and oxygen atoms in total. The van der Waals surface area contributed by atoms with Crippen LogP contribution in [0.25, 0.3) is 0 Å². The molecule has 1 aromatic heterocycles. The summed E-state index contributed by atoms with van der Waals surface area (Å²) in [4.78, 5) is 22.9. The molecule has 2 saturated heterocycles. The van der Waals surface area contributed by atoms with E-state index in [1.54, 1.807) is 0 Å². The van der Waals surface area contributed by atoms with E-state index in [1.165, 1.54) is 12.8 Å². The minimum Gasteiger partial charge on any atom is -0.338 e. The first-order valence-corrected chi connectivity index (χ1v) is 8.73. The van der Waals surface area contributed by atoms with Gasteiger partial charge in [0.1, 0.15) is 0 Å². The van der Waals surface area contributed by atoms with Crippen LogP contribution in [0.4, 0.5) is 4.79 Å². The van der Waals surface area contributed by atoms with Crippen LogP contribution >= 0.6 is 0 Å². The molecule has 1 aliphatic carbocycles. The Balaban J connectivity index is 1.34.